The molecule has 2 radical (unpaired) electrons. The smallest absolute Gasteiger partial charge is 0.131 e. The van der Waals surface area contributed by atoms with Crippen LogP contribution in [0.2, 0.25) is 0 Å². The fourth-order valence-electron chi connectivity index (χ4n) is 0.980. The first kappa shape index (κ1) is 8.79. The van der Waals surface area contributed by atoms with Crippen molar-refractivity contribution in [2.24, 2.45) is 0 Å². The Morgan fingerprint density at radius 1 is 1.36 bits per heavy atom. The van der Waals surface area contributed by atoms with Gasteiger partial charge in [-0.3, -0.25) is 0 Å². The highest BCUT2D eigenvalue weighted by molar-refractivity contribution is 7.19. The summed E-state index contributed by atoms with van der Waals surface area (Å²) < 4.78 is 0.856. The molecule has 1 aromatic rings. The molecular formula is C8H12BNS. The maximum Gasteiger partial charge on any atom is 0.131 e. The van der Waals surface area contributed by atoms with E-state index in [1.165, 1.54) is 0 Å². The van der Waals surface area contributed by atoms with E-state index in [0.29, 0.717) is 0 Å². The normalized spacial score (nSPS) is 12.0. The molecule has 0 aliphatic heterocycles. The molecule has 1 aromatic heterocycles. The van der Waals surface area contributed by atoms with E-state index in [4.69, 9.17) is 7.85 Å². The maximum atomic E-state index is 5.78. The van der Waals surface area contributed by atoms with Crippen molar-refractivity contribution in [1.82, 2.24) is 4.98 Å². The van der Waals surface area contributed by atoms with E-state index in [9.17, 15) is 0 Å². The van der Waals surface area contributed by atoms with Gasteiger partial charge < -0.3 is 0 Å². The summed E-state index contributed by atoms with van der Waals surface area (Å²) in [7, 11) is 5.78. The molecule has 0 saturated heterocycles. The molecule has 0 amide bonds. The third-order valence-electron chi connectivity index (χ3n) is 1.47. The SMILES string of the molecule is [B]c1sc(C)nc1C(C)(C)C. The number of aryl methyl sites for hydroxylation is 1. The topological polar surface area (TPSA) is 12.9 Å². The molecule has 1 heterocycles. The van der Waals surface area contributed by atoms with Crippen molar-refractivity contribution in [2.45, 2.75) is 33.1 Å². The molecule has 0 spiro atoms. The molecule has 1 nitrogen and oxygen atoms in total. The highest BCUT2D eigenvalue weighted by atomic mass is 32.1. The summed E-state index contributed by atoms with van der Waals surface area (Å²) in [5, 5.41) is 1.05. The first-order chi connectivity index (χ1) is 4.91. The molecule has 0 N–H and O–H groups in total. The van der Waals surface area contributed by atoms with Crippen LogP contribution >= 0.6 is 11.3 Å². The molecule has 0 unspecified atom stereocenters. The Labute approximate surface area is 73.3 Å². The van der Waals surface area contributed by atoms with Gasteiger partial charge in [-0.2, -0.15) is 0 Å². The Bertz CT molecular complexity index is 260. The van der Waals surface area contributed by atoms with Crippen LogP contribution in [0.1, 0.15) is 31.5 Å². The fourth-order valence-corrected chi connectivity index (χ4v) is 1.88. The van der Waals surface area contributed by atoms with Crippen LogP contribution in [-0.4, -0.2) is 12.8 Å². The van der Waals surface area contributed by atoms with Crippen LogP contribution in [0.25, 0.3) is 0 Å². The van der Waals surface area contributed by atoms with E-state index in [0.717, 1.165) is 15.5 Å². The summed E-state index contributed by atoms with van der Waals surface area (Å²) in [5.74, 6) is 0. The minimum atomic E-state index is 0.0782. The molecule has 0 aliphatic rings. The van der Waals surface area contributed by atoms with Crippen LogP contribution in [0.4, 0.5) is 0 Å². The number of hydrogen-bond donors (Lipinski definition) is 0. The summed E-state index contributed by atoms with van der Waals surface area (Å²) in [6.07, 6.45) is 0. The van der Waals surface area contributed by atoms with Gasteiger partial charge in [0, 0.05) is 11.1 Å². The van der Waals surface area contributed by atoms with Gasteiger partial charge in [-0.25, -0.2) is 4.98 Å². The van der Waals surface area contributed by atoms with Crippen LogP contribution in [0, 0.1) is 6.92 Å². The molecule has 0 atom stereocenters. The molecule has 11 heavy (non-hydrogen) atoms. The zero-order chi connectivity index (χ0) is 8.65. The quantitative estimate of drug-likeness (QED) is 0.531. The zero-order valence-electron chi connectivity index (χ0n) is 7.43. The summed E-state index contributed by atoms with van der Waals surface area (Å²) >= 11 is 1.56. The van der Waals surface area contributed by atoms with E-state index in [-0.39, 0.29) is 5.41 Å². The molecule has 1 rings (SSSR count). The van der Waals surface area contributed by atoms with E-state index in [1.54, 1.807) is 11.3 Å². The molecule has 0 aromatic carbocycles. The highest BCUT2D eigenvalue weighted by Gasteiger charge is 2.19. The Morgan fingerprint density at radius 2 is 1.91 bits per heavy atom. The molecule has 0 bridgehead atoms. The van der Waals surface area contributed by atoms with Crippen molar-refractivity contribution in [3.8, 4) is 0 Å². The Hall–Kier alpha value is -0.305. The first-order valence-electron chi connectivity index (χ1n) is 3.64. The average Bonchev–Trinajstić information content (AvgIpc) is 2.08. The molecule has 0 saturated carbocycles. The highest BCUT2D eigenvalue weighted by Crippen LogP contribution is 2.20. The van der Waals surface area contributed by atoms with Crippen molar-refractivity contribution < 1.29 is 0 Å². The standard InChI is InChI=1S/C8H12BNS/c1-5-10-6(7(9)11-5)8(2,3)4/h1-4H3. The summed E-state index contributed by atoms with van der Waals surface area (Å²) in [6, 6.07) is 0. The Balaban J connectivity index is 3.13. The lowest BCUT2D eigenvalue weighted by molar-refractivity contribution is 0.575. The second-order valence-electron chi connectivity index (χ2n) is 3.70. The number of nitrogens with zero attached hydrogens (tertiary/aromatic N) is 1. The first-order valence-corrected chi connectivity index (χ1v) is 4.46. The van der Waals surface area contributed by atoms with Gasteiger partial charge in [0.1, 0.15) is 7.85 Å². The summed E-state index contributed by atoms with van der Waals surface area (Å²) in [6.45, 7) is 8.35. The predicted octanol–water partition coefficient (Wildman–Crippen LogP) is 1.54. The van der Waals surface area contributed by atoms with Crippen molar-refractivity contribution in [3.05, 3.63) is 10.7 Å². The van der Waals surface area contributed by atoms with E-state index < -0.39 is 0 Å². The van der Waals surface area contributed by atoms with Gasteiger partial charge in [-0.15, -0.1) is 11.3 Å². The predicted molar refractivity (Wildman–Crippen MR) is 50.9 cm³/mol. The number of thiazole rings is 1. The van der Waals surface area contributed by atoms with Crippen LogP contribution in [-0.2, 0) is 5.41 Å². The van der Waals surface area contributed by atoms with Gasteiger partial charge in [0.05, 0.1) is 5.01 Å². The third kappa shape index (κ3) is 1.83. The number of rotatable bonds is 0. The lowest BCUT2D eigenvalue weighted by Gasteiger charge is -2.16. The van der Waals surface area contributed by atoms with Gasteiger partial charge in [-0.05, 0) is 11.7 Å². The van der Waals surface area contributed by atoms with Crippen molar-refractivity contribution in [1.29, 1.82) is 0 Å². The van der Waals surface area contributed by atoms with Crippen molar-refractivity contribution >= 4 is 24.0 Å². The fraction of sp³-hybridized carbons (Fsp3) is 0.625. The molecule has 3 heteroatoms. The van der Waals surface area contributed by atoms with Gasteiger partial charge >= 0.3 is 0 Å². The van der Waals surface area contributed by atoms with Gasteiger partial charge in [0.15, 0.2) is 0 Å². The van der Waals surface area contributed by atoms with E-state index in [1.807, 2.05) is 6.92 Å². The van der Waals surface area contributed by atoms with E-state index >= 15 is 0 Å². The van der Waals surface area contributed by atoms with Gasteiger partial charge in [0.2, 0.25) is 0 Å². The Kier molecular flexibility index (Phi) is 2.10. The summed E-state index contributed by atoms with van der Waals surface area (Å²) in [4.78, 5) is 4.38. The largest absolute Gasteiger partial charge is 0.247 e. The maximum absolute atomic E-state index is 5.78. The van der Waals surface area contributed by atoms with Gasteiger partial charge in [-0.1, -0.05) is 20.8 Å². The minimum absolute atomic E-state index is 0.0782. The Morgan fingerprint density at radius 3 is 2.09 bits per heavy atom. The third-order valence-corrected chi connectivity index (χ3v) is 2.27. The van der Waals surface area contributed by atoms with Crippen LogP contribution in [0.15, 0.2) is 0 Å². The number of aromatic nitrogens is 1. The molecule has 0 aliphatic carbocycles. The molecular weight excluding hydrogens is 153 g/mol. The second-order valence-corrected chi connectivity index (χ2v) is 4.93. The van der Waals surface area contributed by atoms with Gasteiger partial charge in [0.25, 0.3) is 0 Å². The van der Waals surface area contributed by atoms with Crippen molar-refractivity contribution in [2.75, 3.05) is 0 Å². The van der Waals surface area contributed by atoms with E-state index in [2.05, 4.69) is 25.8 Å². The average molecular weight is 165 g/mol. The number of hydrogen-bond acceptors (Lipinski definition) is 2. The van der Waals surface area contributed by atoms with Crippen LogP contribution in [0.3, 0.4) is 0 Å². The molecule has 0 fully saturated rings. The van der Waals surface area contributed by atoms with Crippen LogP contribution in [0.5, 0.6) is 0 Å². The lowest BCUT2D eigenvalue weighted by Crippen LogP contribution is -2.20. The summed E-state index contributed by atoms with van der Waals surface area (Å²) in [5.41, 5.74) is 1.11. The lowest BCUT2D eigenvalue weighted by atomic mass is 9.87. The van der Waals surface area contributed by atoms with Crippen LogP contribution < -0.4 is 4.78 Å². The monoisotopic (exact) mass is 165 g/mol. The zero-order valence-corrected chi connectivity index (χ0v) is 8.25. The molecule has 58 valence electrons. The minimum Gasteiger partial charge on any atom is -0.247 e. The van der Waals surface area contributed by atoms with Crippen molar-refractivity contribution in [3.63, 3.8) is 0 Å². The second kappa shape index (κ2) is 2.63.